The molecule has 0 spiro atoms. The van der Waals surface area contributed by atoms with Gasteiger partial charge in [-0.05, 0) is 27.8 Å². The van der Waals surface area contributed by atoms with E-state index in [1.165, 1.54) is 0 Å². The molecule has 0 saturated heterocycles. The minimum atomic E-state index is 0.191. The maximum atomic E-state index is 4.54. The van der Waals surface area contributed by atoms with Crippen molar-refractivity contribution in [3.05, 3.63) is 28.2 Å². The first-order chi connectivity index (χ1) is 8.61. The number of likely N-dealkylation sites (N-methyl/N-ethyl adjacent to an activating group) is 1. The molecule has 18 heavy (non-hydrogen) atoms. The number of nitrogens with one attached hydrogen (secondary N) is 1. The zero-order valence-corrected chi connectivity index (χ0v) is 12.0. The second-order valence-electron chi connectivity index (χ2n) is 4.55. The molecule has 2 aromatic heterocycles. The lowest BCUT2D eigenvalue weighted by Gasteiger charge is -2.15. The van der Waals surface area contributed by atoms with Crippen molar-refractivity contribution in [3.63, 3.8) is 0 Å². The van der Waals surface area contributed by atoms with Gasteiger partial charge in [-0.25, -0.2) is 14.6 Å². The van der Waals surface area contributed by atoms with Crippen LogP contribution in [0.25, 0.3) is 0 Å². The van der Waals surface area contributed by atoms with Crippen molar-refractivity contribution in [1.82, 2.24) is 25.1 Å². The van der Waals surface area contributed by atoms with Crippen LogP contribution in [0.4, 0.5) is 0 Å². The summed E-state index contributed by atoms with van der Waals surface area (Å²) in [6, 6.07) is 0.522. The smallest absolute Gasteiger partial charge is 0.138 e. The molecule has 0 saturated carbocycles. The van der Waals surface area contributed by atoms with Crippen LogP contribution in [-0.2, 0) is 6.42 Å². The van der Waals surface area contributed by atoms with Gasteiger partial charge >= 0.3 is 0 Å². The first kappa shape index (κ1) is 13.2. The fourth-order valence-corrected chi connectivity index (χ4v) is 2.60. The van der Waals surface area contributed by atoms with Crippen molar-refractivity contribution >= 4 is 11.3 Å². The molecule has 0 amide bonds. The third kappa shape index (κ3) is 2.76. The number of hydrogen-bond acceptors (Lipinski definition) is 5. The highest BCUT2D eigenvalue weighted by Crippen LogP contribution is 2.20. The van der Waals surface area contributed by atoms with Gasteiger partial charge in [-0.15, -0.1) is 11.3 Å². The molecule has 2 aromatic rings. The summed E-state index contributed by atoms with van der Waals surface area (Å²) in [4.78, 5) is 8.88. The largest absolute Gasteiger partial charge is 0.311 e. The lowest BCUT2D eigenvalue weighted by atomic mass is 10.1. The Hall–Kier alpha value is -1.27. The van der Waals surface area contributed by atoms with Crippen molar-refractivity contribution < 1.29 is 0 Å². The fraction of sp³-hybridized carbons (Fsp3) is 0.583. The van der Waals surface area contributed by atoms with Gasteiger partial charge in [0.25, 0.3) is 0 Å². The predicted molar refractivity (Wildman–Crippen MR) is 72.8 cm³/mol. The van der Waals surface area contributed by atoms with Crippen LogP contribution in [0.2, 0.25) is 0 Å². The first-order valence-corrected chi connectivity index (χ1v) is 6.97. The SMILES string of the molecule is CNC(Cc1ncnn1C(C)C)c1csc(C)n1. The minimum absolute atomic E-state index is 0.191. The molecule has 1 atom stereocenters. The van der Waals surface area contributed by atoms with Gasteiger partial charge in [0.05, 0.1) is 16.7 Å². The van der Waals surface area contributed by atoms with E-state index >= 15 is 0 Å². The molecule has 0 aliphatic rings. The molecular weight excluding hydrogens is 246 g/mol. The highest BCUT2D eigenvalue weighted by molar-refractivity contribution is 7.09. The molecule has 1 N–H and O–H groups in total. The Labute approximate surface area is 111 Å². The summed E-state index contributed by atoms with van der Waals surface area (Å²) in [7, 11) is 1.95. The van der Waals surface area contributed by atoms with Crippen LogP contribution in [0.5, 0.6) is 0 Å². The zero-order valence-electron chi connectivity index (χ0n) is 11.2. The summed E-state index contributed by atoms with van der Waals surface area (Å²) in [5, 5.41) is 10.8. The van der Waals surface area contributed by atoms with E-state index in [1.807, 2.05) is 18.7 Å². The highest BCUT2D eigenvalue weighted by Gasteiger charge is 2.17. The van der Waals surface area contributed by atoms with E-state index in [0.717, 1.165) is 22.9 Å². The number of nitrogens with zero attached hydrogens (tertiary/aromatic N) is 4. The van der Waals surface area contributed by atoms with E-state index in [2.05, 4.69) is 39.6 Å². The van der Waals surface area contributed by atoms with E-state index in [1.54, 1.807) is 17.7 Å². The van der Waals surface area contributed by atoms with Gasteiger partial charge in [0.15, 0.2) is 0 Å². The molecule has 0 bridgehead atoms. The molecule has 6 heteroatoms. The second-order valence-corrected chi connectivity index (χ2v) is 5.61. The van der Waals surface area contributed by atoms with Gasteiger partial charge in [-0.2, -0.15) is 5.10 Å². The van der Waals surface area contributed by atoms with Crippen LogP contribution in [0.1, 0.15) is 42.5 Å². The van der Waals surface area contributed by atoms with E-state index < -0.39 is 0 Å². The van der Waals surface area contributed by atoms with Gasteiger partial charge in [0.2, 0.25) is 0 Å². The van der Waals surface area contributed by atoms with Crippen LogP contribution < -0.4 is 5.32 Å². The standard InChI is InChI=1S/C12H19N5S/c1-8(2)17-12(14-7-15-17)5-10(13-4)11-6-18-9(3)16-11/h6-8,10,13H,5H2,1-4H3. The monoisotopic (exact) mass is 265 g/mol. The van der Waals surface area contributed by atoms with Gasteiger partial charge in [-0.3, -0.25) is 0 Å². The van der Waals surface area contributed by atoms with Gasteiger partial charge in [0.1, 0.15) is 12.2 Å². The van der Waals surface area contributed by atoms with E-state index in [0.29, 0.717) is 6.04 Å². The lowest BCUT2D eigenvalue weighted by Crippen LogP contribution is -2.22. The normalized spacial score (nSPS) is 13.2. The zero-order chi connectivity index (χ0) is 13.1. The summed E-state index contributed by atoms with van der Waals surface area (Å²) in [5.74, 6) is 0.995. The minimum Gasteiger partial charge on any atom is -0.311 e. The highest BCUT2D eigenvalue weighted by atomic mass is 32.1. The van der Waals surface area contributed by atoms with E-state index in [4.69, 9.17) is 0 Å². The van der Waals surface area contributed by atoms with Gasteiger partial charge in [-0.1, -0.05) is 0 Å². The summed E-state index contributed by atoms with van der Waals surface area (Å²) < 4.78 is 1.96. The quantitative estimate of drug-likeness (QED) is 0.899. The average Bonchev–Trinajstić information content (AvgIpc) is 2.94. The maximum absolute atomic E-state index is 4.54. The molecule has 0 aromatic carbocycles. The third-order valence-electron chi connectivity index (χ3n) is 2.87. The molecule has 2 heterocycles. The number of aromatic nitrogens is 4. The van der Waals surface area contributed by atoms with Gasteiger partial charge in [0, 0.05) is 17.8 Å². The fourth-order valence-electron chi connectivity index (χ4n) is 1.93. The van der Waals surface area contributed by atoms with Crippen LogP contribution >= 0.6 is 11.3 Å². The summed E-state index contributed by atoms with van der Waals surface area (Å²) in [5.41, 5.74) is 1.08. The predicted octanol–water partition coefficient (Wildman–Crippen LogP) is 2.13. The molecule has 0 fully saturated rings. The number of thiazole rings is 1. The molecule has 1 unspecified atom stereocenters. The Kier molecular flexibility index (Phi) is 4.08. The van der Waals surface area contributed by atoms with Crippen molar-refractivity contribution in [1.29, 1.82) is 0 Å². The molecule has 98 valence electrons. The molecule has 0 aliphatic heterocycles. The van der Waals surface area contributed by atoms with Crippen molar-refractivity contribution in [2.45, 2.75) is 39.3 Å². The molecule has 5 nitrogen and oxygen atoms in total. The number of hydrogen-bond donors (Lipinski definition) is 1. The van der Waals surface area contributed by atoms with Crippen LogP contribution in [0, 0.1) is 6.92 Å². The number of rotatable bonds is 5. The van der Waals surface area contributed by atoms with E-state index in [9.17, 15) is 0 Å². The van der Waals surface area contributed by atoms with E-state index in [-0.39, 0.29) is 6.04 Å². The Balaban J connectivity index is 2.18. The van der Waals surface area contributed by atoms with Crippen molar-refractivity contribution in [2.75, 3.05) is 7.05 Å². The summed E-state index contributed by atoms with van der Waals surface area (Å²) in [6.07, 6.45) is 2.42. The summed E-state index contributed by atoms with van der Waals surface area (Å²) in [6.45, 7) is 6.25. The summed E-state index contributed by atoms with van der Waals surface area (Å²) >= 11 is 1.68. The maximum Gasteiger partial charge on any atom is 0.138 e. The molecule has 2 rings (SSSR count). The van der Waals surface area contributed by atoms with Crippen molar-refractivity contribution in [2.24, 2.45) is 0 Å². The number of aryl methyl sites for hydroxylation is 1. The van der Waals surface area contributed by atoms with Gasteiger partial charge < -0.3 is 5.32 Å². The third-order valence-corrected chi connectivity index (χ3v) is 3.66. The Morgan fingerprint density at radius 1 is 1.44 bits per heavy atom. The first-order valence-electron chi connectivity index (χ1n) is 6.09. The van der Waals surface area contributed by atoms with Crippen molar-refractivity contribution in [3.8, 4) is 0 Å². The van der Waals surface area contributed by atoms with Crippen LogP contribution in [0.3, 0.4) is 0 Å². The Bertz CT molecular complexity index is 502. The topological polar surface area (TPSA) is 55.6 Å². The molecule has 0 radical (unpaired) electrons. The molecule has 0 aliphatic carbocycles. The second kappa shape index (κ2) is 5.58. The lowest BCUT2D eigenvalue weighted by molar-refractivity contribution is 0.475. The van der Waals surface area contributed by atoms with Crippen LogP contribution in [-0.4, -0.2) is 26.8 Å². The van der Waals surface area contributed by atoms with Crippen LogP contribution in [0.15, 0.2) is 11.7 Å². The average molecular weight is 265 g/mol. The molecular formula is C12H19N5S. The Morgan fingerprint density at radius 3 is 2.78 bits per heavy atom. The Morgan fingerprint density at radius 2 is 2.22 bits per heavy atom.